The summed E-state index contributed by atoms with van der Waals surface area (Å²) < 4.78 is 51.2. The molecule has 44 heavy (non-hydrogen) atoms. The fourth-order valence-electron chi connectivity index (χ4n) is 7.27. The molecular weight excluding hydrogens is 567 g/mol. The summed E-state index contributed by atoms with van der Waals surface area (Å²) in [6, 6.07) is 25.2. The molecule has 2 amide bonds. The number of ether oxygens (including phenoxy) is 2. The first-order valence-corrected chi connectivity index (χ1v) is 14.9. The third kappa shape index (κ3) is 4.98. The lowest BCUT2D eigenvalue weighted by Crippen LogP contribution is -2.70. The van der Waals surface area contributed by atoms with Crippen molar-refractivity contribution in [2.75, 3.05) is 44.0 Å². The standard InChI is InChI=1S/C35H34F3N3O3/c1-43-31-13-10-25(33-20-34(21-33,22-33)35(36,37)38)18-30(31)40-32(42)39-29-12-11-26(27-4-2-3-5-28(27)29)24-8-6-23(7-9-24)19-41-14-16-44-17-15-41/h2-13,18H,14-17,19-22H2,1H3,(H2,39,40,42). The van der Waals surface area contributed by atoms with Crippen molar-refractivity contribution in [3.63, 3.8) is 0 Å². The van der Waals surface area contributed by atoms with E-state index in [2.05, 4.69) is 39.8 Å². The Balaban J connectivity index is 1.08. The summed E-state index contributed by atoms with van der Waals surface area (Å²) >= 11 is 0. The Bertz CT molecular complexity index is 1690. The minimum absolute atomic E-state index is 0.0937. The maximum absolute atomic E-state index is 13.4. The molecule has 0 aromatic heterocycles. The van der Waals surface area contributed by atoms with Crippen molar-refractivity contribution in [3.05, 3.63) is 90.0 Å². The van der Waals surface area contributed by atoms with Crippen LogP contribution in [0.4, 0.5) is 29.3 Å². The van der Waals surface area contributed by atoms with Gasteiger partial charge in [0.1, 0.15) is 5.75 Å². The monoisotopic (exact) mass is 601 g/mol. The number of anilines is 2. The summed E-state index contributed by atoms with van der Waals surface area (Å²) in [7, 11) is 1.50. The molecule has 3 saturated carbocycles. The van der Waals surface area contributed by atoms with E-state index in [4.69, 9.17) is 9.47 Å². The number of halogens is 3. The summed E-state index contributed by atoms with van der Waals surface area (Å²) in [6.07, 6.45) is -3.89. The Hall–Kier alpha value is -4.08. The van der Waals surface area contributed by atoms with Crippen molar-refractivity contribution >= 4 is 28.2 Å². The molecular formula is C35H34F3N3O3. The van der Waals surface area contributed by atoms with Gasteiger partial charge in [0.05, 0.1) is 37.1 Å². The number of benzene rings is 4. The molecule has 1 aliphatic heterocycles. The molecule has 1 saturated heterocycles. The highest BCUT2D eigenvalue weighted by Gasteiger charge is 2.78. The number of methoxy groups -OCH3 is 1. The maximum atomic E-state index is 13.4. The van der Waals surface area contributed by atoms with E-state index in [1.54, 1.807) is 12.1 Å². The van der Waals surface area contributed by atoms with Crippen LogP contribution in [0, 0.1) is 5.41 Å². The largest absolute Gasteiger partial charge is 0.495 e. The summed E-state index contributed by atoms with van der Waals surface area (Å²) in [5, 5.41) is 7.74. The van der Waals surface area contributed by atoms with Gasteiger partial charge in [-0.05, 0) is 70.5 Å². The number of carbonyl (C=O) groups is 1. The Labute approximate surface area is 254 Å². The van der Waals surface area contributed by atoms with E-state index >= 15 is 0 Å². The van der Waals surface area contributed by atoms with Crippen LogP contribution >= 0.6 is 0 Å². The number of hydrogen-bond donors (Lipinski definition) is 2. The molecule has 0 atom stereocenters. The van der Waals surface area contributed by atoms with Gasteiger partial charge in [-0.15, -0.1) is 0 Å². The van der Waals surface area contributed by atoms with E-state index < -0.39 is 23.0 Å². The first-order chi connectivity index (χ1) is 21.2. The van der Waals surface area contributed by atoms with Crippen LogP contribution in [0.2, 0.25) is 0 Å². The topological polar surface area (TPSA) is 62.8 Å². The van der Waals surface area contributed by atoms with Crippen LogP contribution < -0.4 is 15.4 Å². The predicted molar refractivity (Wildman–Crippen MR) is 165 cm³/mol. The molecule has 9 heteroatoms. The molecule has 3 aliphatic carbocycles. The molecule has 2 N–H and O–H groups in total. The molecule has 228 valence electrons. The van der Waals surface area contributed by atoms with E-state index in [-0.39, 0.29) is 19.3 Å². The quantitative estimate of drug-likeness (QED) is 0.226. The fourth-order valence-corrected chi connectivity index (χ4v) is 7.27. The lowest BCUT2D eigenvalue weighted by molar-refractivity contribution is -0.337. The number of amides is 2. The second-order valence-corrected chi connectivity index (χ2v) is 12.4. The molecule has 4 aliphatic rings. The number of urea groups is 1. The number of rotatable bonds is 7. The van der Waals surface area contributed by atoms with Gasteiger partial charge in [0, 0.05) is 25.0 Å². The SMILES string of the molecule is COc1ccc(C23CC(C(F)(F)F)(C2)C3)cc1NC(=O)Nc1ccc(-c2ccc(CN3CCOCC3)cc2)c2ccccc12. The van der Waals surface area contributed by atoms with Crippen molar-refractivity contribution in [2.24, 2.45) is 5.41 Å². The Morgan fingerprint density at radius 2 is 1.57 bits per heavy atom. The van der Waals surface area contributed by atoms with Crippen LogP contribution in [0.15, 0.2) is 78.9 Å². The van der Waals surface area contributed by atoms with Gasteiger partial charge in [-0.2, -0.15) is 13.2 Å². The van der Waals surface area contributed by atoms with Crippen molar-refractivity contribution < 1.29 is 27.4 Å². The minimum atomic E-state index is -4.17. The first kappa shape index (κ1) is 28.7. The second-order valence-electron chi connectivity index (χ2n) is 12.4. The normalized spacial score (nSPS) is 23.0. The van der Waals surface area contributed by atoms with Gasteiger partial charge in [-0.1, -0.05) is 60.7 Å². The Kier molecular flexibility index (Phi) is 7.05. The zero-order valence-electron chi connectivity index (χ0n) is 24.5. The fraction of sp³-hybridized carbons (Fsp3) is 0.343. The number of nitrogens with zero attached hydrogens (tertiary/aromatic N) is 1. The highest BCUT2D eigenvalue weighted by molar-refractivity contribution is 6.10. The van der Waals surface area contributed by atoms with Gasteiger partial charge in [0.2, 0.25) is 0 Å². The lowest BCUT2D eigenvalue weighted by Gasteiger charge is -2.71. The molecule has 4 aromatic carbocycles. The molecule has 8 rings (SSSR count). The van der Waals surface area contributed by atoms with E-state index in [9.17, 15) is 18.0 Å². The second kappa shape index (κ2) is 10.8. The lowest BCUT2D eigenvalue weighted by atomic mass is 9.33. The number of hydrogen-bond acceptors (Lipinski definition) is 4. The first-order valence-electron chi connectivity index (χ1n) is 14.9. The molecule has 6 nitrogen and oxygen atoms in total. The number of carbonyl (C=O) groups excluding carboxylic acids is 1. The minimum Gasteiger partial charge on any atom is -0.495 e. The average molecular weight is 602 g/mol. The molecule has 1 heterocycles. The highest BCUT2D eigenvalue weighted by Crippen LogP contribution is 2.78. The van der Waals surface area contributed by atoms with Crippen LogP contribution in [-0.2, 0) is 16.7 Å². The van der Waals surface area contributed by atoms with Gasteiger partial charge in [0.25, 0.3) is 0 Å². The summed E-state index contributed by atoms with van der Waals surface area (Å²) in [5.74, 6) is 0.443. The summed E-state index contributed by atoms with van der Waals surface area (Å²) in [6.45, 7) is 4.32. The van der Waals surface area contributed by atoms with Crippen LogP contribution in [-0.4, -0.2) is 50.5 Å². The van der Waals surface area contributed by atoms with E-state index in [1.165, 1.54) is 12.7 Å². The van der Waals surface area contributed by atoms with Gasteiger partial charge in [-0.3, -0.25) is 4.90 Å². The maximum Gasteiger partial charge on any atom is 0.394 e. The van der Waals surface area contributed by atoms with Crippen LogP contribution in [0.3, 0.4) is 0 Å². The van der Waals surface area contributed by atoms with Crippen LogP contribution in [0.5, 0.6) is 5.75 Å². The number of nitrogens with one attached hydrogen (secondary N) is 2. The number of alkyl halides is 3. The van der Waals surface area contributed by atoms with Crippen LogP contribution in [0.25, 0.3) is 21.9 Å². The summed E-state index contributed by atoms with van der Waals surface area (Å²) in [5.41, 5.74) is 3.24. The molecule has 2 bridgehead atoms. The van der Waals surface area contributed by atoms with Gasteiger partial charge in [-0.25, -0.2) is 4.79 Å². The van der Waals surface area contributed by atoms with E-state index in [0.29, 0.717) is 17.1 Å². The zero-order chi connectivity index (χ0) is 30.5. The highest BCUT2D eigenvalue weighted by atomic mass is 19.4. The molecule has 0 spiro atoms. The van der Waals surface area contributed by atoms with Gasteiger partial charge < -0.3 is 20.1 Å². The third-order valence-corrected chi connectivity index (χ3v) is 9.64. The van der Waals surface area contributed by atoms with E-state index in [0.717, 1.165) is 60.3 Å². The third-order valence-electron chi connectivity index (χ3n) is 9.64. The molecule has 4 aromatic rings. The Morgan fingerprint density at radius 3 is 2.25 bits per heavy atom. The Morgan fingerprint density at radius 1 is 0.886 bits per heavy atom. The van der Waals surface area contributed by atoms with Crippen molar-refractivity contribution in [2.45, 2.75) is 37.4 Å². The smallest absolute Gasteiger partial charge is 0.394 e. The van der Waals surface area contributed by atoms with Gasteiger partial charge >= 0.3 is 12.2 Å². The van der Waals surface area contributed by atoms with Crippen LogP contribution in [0.1, 0.15) is 30.4 Å². The van der Waals surface area contributed by atoms with E-state index in [1.807, 2.05) is 42.5 Å². The van der Waals surface area contributed by atoms with Crippen molar-refractivity contribution in [1.82, 2.24) is 4.90 Å². The number of fused-ring (bicyclic) bond motifs is 1. The zero-order valence-corrected chi connectivity index (χ0v) is 24.5. The molecule has 0 unspecified atom stereocenters. The van der Waals surface area contributed by atoms with Crippen molar-refractivity contribution in [3.8, 4) is 16.9 Å². The molecule has 0 radical (unpaired) electrons. The van der Waals surface area contributed by atoms with Crippen molar-refractivity contribution in [1.29, 1.82) is 0 Å². The number of morpholine rings is 1. The van der Waals surface area contributed by atoms with Gasteiger partial charge in [0.15, 0.2) is 0 Å². The predicted octanol–water partition coefficient (Wildman–Crippen LogP) is 7.98. The molecule has 4 fully saturated rings. The summed E-state index contributed by atoms with van der Waals surface area (Å²) in [4.78, 5) is 15.6. The average Bonchev–Trinajstić information content (AvgIpc) is 2.96.